The van der Waals surface area contributed by atoms with Gasteiger partial charge in [-0.25, -0.2) is 0 Å². The van der Waals surface area contributed by atoms with Gasteiger partial charge in [0.1, 0.15) is 11.9 Å². The Kier molecular flexibility index (Phi) is 6.70. The average Bonchev–Trinajstić information content (AvgIpc) is 2.81. The number of benzene rings is 2. The molecule has 0 spiro atoms. The van der Waals surface area contributed by atoms with Crippen LogP contribution in [-0.4, -0.2) is 54.9 Å². The molecule has 2 aromatic carbocycles. The second-order valence-corrected chi connectivity index (χ2v) is 8.57. The zero-order chi connectivity index (χ0) is 20.8. The molecule has 30 heavy (non-hydrogen) atoms. The fraction of sp³-hybridized carbons (Fsp3) is 0.480. The highest BCUT2D eigenvalue weighted by Gasteiger charge is 2.35. The lowest BCUT2D eigenvalue weighted by Crippen LogP contribution is -2.45. The second-order valence-electron chi connectivity index (χ2n) is 8.57. The summed E-state index contributed by atoms with van der Waals surface area (Å²) in [4.78, 5) is 14.9. The van der Waals surface area contributed by atoms with Gasteiger partial charge in [-0.1, -0.05) is 30.3 Å². The number of hydrogen-bond acceptors (Lipinski definition) is 4. The van der Waals surface area contributed by atoms with Crippen molar-refractivity contribution in [2.24, 2.45) is 5.41 Å². The van der Waals surface area contributed by atoms with Crippen molar-refractivity contribution < 1.29 is 19.4 Å². The predicted molar refractivity (Wildman–Crippen MR) is 116 cm³/mol. The maximum absolute atomic E-state index is 13.0. The minimum absolute atomic E-state index is 0.0545. The van der Waals surface area contributed by atoms with Gasteiger partial charge < -0.3 is 19.5 Å². The number of likely N-dealkylation sites (tertiary alicyclic amines) is 1. The van der Waals surface area contributed by atoms with Crippen LogP contribution in [-0.2, 0) is 11.2 Å². The van der Waals surface area contributed by atoms with Crippen molar-refractivity contribution >= 4 is 5.91 Å². The van der Waals surface area contributed by atoms with Gasteiger partial charge in [-0.15, -0.1) is 0 Å². The quantitative estimate of drug-likeness (QED) is 0.790. The number of hydrogen-bond donors (Lipinski definition) is 1. The monoisotopic (exact) mass is 409 g/mol. The molecule has 0 unspecified atom stereocenters. The third kappa shape index (κ3) is 5.02. The summed E-state index contributed by atoms with van der Waals surface area (Å²) in [7, 11) is 0. The fourth-order valence-electron chi connectivity index (χ4n) is 4.45. The molecule has 0 aliphatic carbocycles. The molecule has 0 radical (unpaired) electrons. The standard InChI is InChI=1S/C25H31NO4/c27-19-25(18-20-4-2-1-3-5-20)12-14-26(15-13-25)24(28)21-6-8-22(9-7-21)30-23-10-16-29-17-11-23/h1-9,23,27H,10-19H2. The van der Waals surface area contributed by atoms with Crippen molar-refractivity contribution in [3.05, 3.63) is 65.7 Å². The van der Waals surface area contributed by atoms with Gasteiger partial charge in [-0.2, -0.15) is 0 Å². The number of carbonyl (C=O) groups is 1. The molecule has 2 aliphatic heterocycles. The molecule has 0 atom stereocenters. The van der Waals surface area contributed by atoms with E-state index in [0.717, 1.165) is 51.1 Å². The summed E-state index contributed by atoms with van der Waals surface area (Å²) >= 11 is 0. The van der Waals surface area contributed by atoms with Crippen LogP contribution in [0.1, 0.15) is 41.6 Å². The summed E-state index contributed by atoms with van der Waals surface area (Å²) in [5, 5.41) is 10.1. The van der Waals surface area contributed by atoms with Crippen molar-refractivity contribution in [1.29, 1.82) is 0 Å². The largest absolute Gasteiger partial charge is 0.490 e. The maximum Gasteiger partial charge on any atom is 0.253 e. The summed E-state index contributed by atoms with van der Waals surface area (Å²) in [6, 6.07) is 17.8. The van der Waals surface area contributed by atoms with E-state index >= 15 is 0 Å². The topological polar surface area (TPSA) is 59.0 Å². The molecular formula is C25H31NO4. The van der Waals surface area contributed by atoms with E-state index in [2.05, 4.69) is 12.1 Å². The van der Waals surface area contributed by atoms with E-state index in [9.17, 15) is 9.90 Å². The van der Waals surface area contributed by atoms with E-state index in [1.54, 1.807) is 0 Å². The van der Waals surface area contributed by atoms with Crippen LogP contribution in [0.5, 0.6) is 5.75 Å². The number of ether oxygens (including phenoxy) is 2. The Balaban J connectivity index is 1.33. The molecule has 2 heterocycles. The highest BCUT2D eigenvalue weighted by Crippen LogP contribution is 2.35. The summed E-state index contributed by atoms with van der Waals surface area (Å²) < 4.78 is 11.4. The van der Waals surface area contributed by atoms with Crippen LogP contribution in [0, 0.1) is 5.41 Å². The van der Waals surface area contributed by atoms with Crippen LogP contribution in [0.4, 0.5) is 0 Å². The SMILES string of the molecule is O=C(c1ccc(OC2CCOCC2)cc1)N1CCC(CO)(Cc2ccccc2)CC1. The molecule has 2 aliphatic rings. The summed E-state index contributed by atoms with van der Waals surface area (Å²) in [5.41, 5.74) is 1.79. The summed E-state index contributed by atoms with van der Waals surface area (Å²) in [5.74, 6) is 0.859. The van der Waals surface area contributed by atoms with Gasteiger partial charge in [0.2, 0.25) is 0 Å². The molecule has 5 nitrogen and oxygen atoms in total. The van der Waals surface area contributed by atoms with Crippen molar-refractivity contribution in [3.63, 3.8) is 0 Å². The van der Waals surface area contributed by atoms with E-state index in [1.807, 2.05) is 47.4 Å². The highest BCUT2D eigenvalue weighted by molar-refractivity contribution is 5.94. The van der Waals surface area contributed by atoms with Gasteiger partial charge in [0.15, 0.2) is 0 Å². The van der Waals surface area contributed by atoms with Crippen LogP contribution in [0.15, 0.2) is 54.6 Å². The molecule has 1 amide bonds. The Morgan fingerprint density at radius 1 is 1.03 bits per heavy atom. The van der Waals surface area contributed by atoms with Crippen LogP contribution in [0.3, 0.4) is 0 Å². The normalized spacial score (nSPS) is 19.4. The predicted octanol–water partition coefficient (Wildman–Crippen LogP) is 3.70. The number of nitrogens with zero attached hydrogens (tertiary/aromatic N) is 1. The smallest absolute Gasteiger partial charge is 0.253 e. The average molecular weight is 410 g/mol. The lowest BCUT2D eigenvalue weighted by molar-refractivity contribution is 0.0255. The number of piperidine rings is 1. The maximum atomic E-state index is 13.0. The first-order chi connectivity index (χ1) is 14.7. The summed E-state index contributed by atoms with van der Waals surface area (Å²) in [6.07, 6.45) is 4.49. The minimum Gasteiger partial charge on any atom is -0.490 e. The molecule has 160 valence electrons. The van der Waals surface area contributed by atoms with Gasteiger partial charge in [0.05, 0.1) is 13.2 Å². The molecule has 2 aromatic rings. The first-order valence-electron chi connectivity index (χ1n) is 11.0. The lowest BCUT2D eigenvalue weighted by atomic mass is 9.74. The van der Waals surface area contributed by atoms with E-state index in [0.29, 0.717) is 18.7 Å². The molecule has 4 rings (SSSR count). The van der Waals surface area contributed by atoms with Crippen LogP contribution < -0.4 is 4.74 Å². The van der Waals surface area contributed by atoms with E-state index in [1.165, 1.54) is 5.56 Å². The molecular weight excluding hydrogens is 378 g/mol. The van der Waals surface area contributed by atoms with Crippen LogP contribution in [0.2, 0.25) is 0 Å². The molecule has 1 N–H and O–H groups in total. The van der Waals surface area contributed by atoms with Crippen molar-refractivity contribution in [3.8, 4) is 5.75 Å². The van der Waals surface area contributed by atoms with E-state index in [-0.39, 0.29) is 24.0 Å². The zero-order valence-electron chi connectivity index (χ0n) is 17.5. The molecule has 0 saturated carbocycles. The van der Waals surface area contributed by atoms with Gasteiger partial charge in [0, 0.05) is 43.5 Å². The Labute approximate surface area is 178 Å². The van der Waals surface area contributed by atoms with E-state index < -0.39 is 0 Å². The van der Waals surface area contributed by atoms with Crippen LogP contribution in [0.25, 0.3) is 0 Å². The summed E-state index contributed by atoms with van der Waals surface area (Å²) in [6.45, 7) is 2.99. The first kappa shape index (κ1) is 20.9. The third-order valence-electron chi connectivity index (χ3n) is 6.44. The van der Waals surface area contributed by atoms with Gasteiger partial charge in [-0.3, -0.25) is 4.79 Å². The fourth-order valence-corrected chi connectivity index (χ4v) is 4.45. The van der Waals surface area contributed by atoms with E-state index in [4.69, 9.17) is 9.47 Å². The molecule has 5 heteroatoms. The number of carbonyl (C=O) groups excluding carboxylic acids is 1. The zero-order valence-corrected chi connectivity index (χ0v) is 17.5. The highest BCUT2D eigenvalue weighted by atomic mass is 16.5. The first-order valence-corrected chi connectivity index (χ1v) is 11.0. The van der Waals surface area contributed by atoms with Gasteiger partial charge in [0.25, 0.3) is 5.91 Å². The lowest BCUT2D eigenvalue weighted by Gasteiger charge is -2.41. The van der Waals surface area contributed by atoms with Crippen molar-refractivity contribution in [2.75, 3.05) is 32.9 Å². The van der Waals surface area contributed by atoms with Crippen molar-refractivity contribution in [2.45, 2.75) is 38.2 Å². The molecule has 0 aromatic heterocycles. The molecule has 0 bridgehead atoms. The molecule has 2 saturated heterocycles. The Bertz CT molecular complexity index is 807. The van der Waals surface area contributed by atoms with Gasteiger partial charge in [-0.05, 0) is 49.1 Å². The van der Waals surface area contributed by atoms with Crippen molar-refractivity contribution in [1.82, 2.24) is 4.90 Å². The minimum atomic E-state index is -0.139. The number of amides is 1. The number of aliphatic hydroxyl groups is 1. The molecule has 2 fully saturated rings. The Morgan fingerprint density at radius 2 is 1.70 bits per heavy atom. The van der Waals surface area contributed by atoms with Crippen LogP contribution >= 0.6 is 0 Å². The third-order valence-corrected chi connectivity index (χ3v) is 6.44. The number of aliphatic hydroxyl groups excluding tert-OH is 1. The second kappa shape index (κ2) is 9.63. The van der Waals surface area contributed by atoms with Gasteiger partial charge >= 0.3 is 0 Å². The Hall–Kier alpha value is -2.37. The number of rotatable bonds is 6. The Morgan fingerprint density at radius 3 is 2.33 bits per heavy atom.